The van der Waals surface area contributed by atoms with Crippen molar-refractivity contribution in [3.63, 3.8) is 0 Å². The molecular formula is C20H24FN3O2. The second-order valence-corrected chi connectivity index (χ2v) is 7.35. The maximum absolute atomic E-state index is 13.3. The van der Waals surface area contributed by atoms with Gasteiger partial charge < -0.3 is 10.4 Å². The molecule has 5 nitrogen and oxygen atoms in total. The van der Waals surface area contributed by atoms with Crippen LogP contribution in [0.3, 0.4) is 0 Å². The molecule has 0 atom stereocenters. The molecule has 0 aliphatic heterocycles. The molecule has 0 spiro atoms. The Labute approximate surface area is 152 Å². The molecule has 0 bridgehead atoms. The highest BCUT2D eigenvalue weighted by molar-refractivity contribution is 5.94. The van der Waals surface area contributed by atoms with Crippen LogP contribution in [0.2, 0.25) is 0 Å². The maximum Gasteiger partial charge on any atom is 0.272 e. The van der Waals surface area contributed by atoms with Gasteiger partial charge in [0.1, 0.15) is 5.82 Å². The van der Waals surface area contributed by atoms with Gasteiger partial charge in [-0.25, -0.2) is 9.07 Å². The van der Waals surface area contributed by atoms with Crippen molar-refractivity contribution in [3.05, 3.63) is 47.0 Å². The molecule has 2 aromatic rings. The summed E-state index contributed by atoms with van der Waals surface area (Å²) in [7, 11) is 0. The highest BCUT2D eigenvalue weighted by atomic mass is 19.1. The molecule has 138 valence electrons. The zero-order valence-corrected chi connectivity index (χ0v) is 14.7. The summed E-state index contributed by atoms with van der Waals surface area (Å²) in [5.74, 6) is -0.419. The van der Waals surface area contributed by atoms with E-state index in [0.29, 0.717) is 5.69 Å². The molecule has 6 heteroatoms. The molecule has 1 aromatic carbocycles. The summed E-state index contributed by atoms with van der Waals surface area (Å²) in [6.07, 6.45) is 6.67. The van der Waals surface area contributed by atoms with Gasteiger partial charge in [0.25, 0.3) is 5.91 Å². The van der Waals surface area contributed by atoms with Crippen molar-refractivity contribution in [1.82, 2.24) is 15.1 Å². The van der Waals surface area contributed by atoms with Crippen LogP contribution in [0.4, 0.5) is 4.39 Å². The molecule has 0 radical (unpaired) electrons. The number of hydrogen-bond acceptors (Lipinski definition) is 3. The predicted molar refractivity (Wildman–Crippen MR) is 95.9 cm³/mol. The number of carbonyl (C=O) groups excluding carboxylic acids is 1. The van der Waals surface area contributed by atoms with Crippen molar-refractivity contribution in [2.75, 3.05) is 0 Å². The van der Waals surface area contributed by atoms with Crippen molar-refractivity contribution in [3.8, 4) is 5.69 Å². The summed E-state index contributed by atoms with van der Waals surface area (Å²) in [6, 6.07) is 6.32. The van der Waals surface area contributed by atoms with Gasteiger partial charge >= 0.3 is 0 Å². The van der Waals surface area contributed by atoms with E-state index in [2.05, 4.69) is 10.4 Å². The molecule has 2 aliphatic carbocycles. The Morgan fingerprint density at radius 2 is 1.81 bits per heavy atom. The molecule has 1 aromatic heterocycles. The Morgan fingerprint density at radius 3 is 2.54 bits per heavy atom. The lowest BCUT2D eigenvalue weighted by Crippen LogP contribution is -2.39. The number of nitrogens with one attached hydrogen (secondary N) is 1. The van der Waals surface area contributed by atoms with Gasteiger partial charge in [-0.2, -0.15) is 5.10 Å². The van der Waals surface area contributed by atoms with Gasteiger partial charge in [0.2, 0.25) is 0 Å². The number of aromatic nitrogens is 2. The van der Waals surface area contributed by atoms with Crippen LogP contribution >= 0.6 is 0 Å². The number of nitrogens with zero attached hydrogens (tertiary/aromatic N) is 2. The van der Waals surface area contributed by atoms with Crippen LogP contribution in [0, 0.1) is 5.82 Å². The van der Waals surface area contributed by atoms with E-state index in [0.717, 1.165) is 68.3 Å². The van der Waals surface area contributed by atoms with Gasteiger partial charge in [-0.15, -0.1) is 0 Å². The minimum atomic E-state index is -0.285. The first-order valence-corrected chi connectivity index (χ1v) is 9.47. The minimum Gasteiger partial charge on any atom is -0.393 e. The zero-order chi connectivity index (χ0) is 18.1. The van der Waals surface area contributed by atoms with E-state index >= 15 is 0 Å². The summed E-state index contributed by atoms with van der Waals surface area (Å²) in [4.78, 5) is 12.9. The lowest BCUT2D eigenvalue weighted by Gasteiger charge is -2.26. The van der Waals surface area contributed by atoms with Gasteiger partial charge in [0.05, 0.1) is 11.8 Å². The maximum atomic E-state index is 13.3. The number of halogens is 1. The Hall–Kier alpha value is -2.21. The van der Waals surface area contributed by atoms with E-state index in [1.807, 2.05) is 0 Å². The summed E-state index contributed by atoms with van der Waals surface area (Å²) in [5.41, 5.74) is 3.36. The van der Waals surface area contributed by atoms with Gasteiger partial charge in [-0.1, -0.05) is 0 Å². The molecule has 1 fully saturated rings. The van der Waals surface area contributed by atoms with Crippen molar-refractivity contribution in [2.45, 2.75) is 63.5 Å². The van der Waals surface area contributed by atoms with E-state index in [1.54, 1.807) is 16.8 Å². The number of amides is 1. The monoisotopic (exact) mass is 357 g/mol. The predicted octanol–water partition coefficient (Wildman–Crippen LogP) is 2.92. The van der Waals surface area contributed by atoms with Gasteiger partial charge in [-0.3, -0.25) is 4.79 Å². The van der Waals surface area contributed by atoms with Crippen LogP contribution < -0.4 is 5.32 Å². The standard InChI is InChI=1S/C20H24FN3O2/c21-13-5-9-15(10-6-13)24-18-4-2-1-3-17(18)19(23-24)20(26)22-14-7-11-16(25)12-8-14/h5-6,9-10,14,16,25H,1-4,7-8,11-12H2,(H,22,26). The molecule has 4 rings (SSSR count). The van der Waals surface area contributed by atoms with Crippen LogP contribution in [0.1, 0.15) is 60.3 Å². The number of aliphatic hydroxyl groups excluding tert-OH is 1. The topological polar surface area (TPSA) is 67.2 Å². The minimum absolute atomic E-state index is 0.0983. The van der Waals surface area contributed by atoms with Gasteiger partial charge in [0.15, 0.2) is 5.69 Å². The van der Waals surface area contributed by atoms with Crippen LogP contribution in [0.15, 0.2) is 24.3 Å². The average Bonchev–Trinajstić information content (AvgIpc) is 3.04. The summed E-state index contributed by atoms with van der Waals surface area (Å²) in [5, 5.41) is 17.3. The van der Waals surface area contributed by atoms with Crippen molar-refractivity contribution in [1.29, 1.82) is 0 Å². The average molecular weight is 357 g/mol. The molecule has 2 N–H and O–H groups in total. The van der Waals surface area contributed by atoms with Crippen molar-refractivity contribution < 1.29 is 14.3 Å². The quantitative estimate of drug-likeness (QED) is 0.888. The normalized spacial score (nSPS) is 22.7. The Kier molecular flexibility index (Phi) is 4.76. The molecule has 0 unspecified atom stereocenters. The smallest absolute Gasteiger partial charge is 0.272 e. The summed E-state index contributed by atoms with van der Waals surface area (Å²) >= 11 is 0. The number of hydrogen-bond donors (Lipinski definition) is 2. The fourth-order valence-corrected chi connectivity index (χ4v) is 4.05. The third kappa shape index (κ3) is 3.38. The fraction of sp³-hybridized carbons (Fsp3) is 0.500. The van der Waals surface area contributed by atoms with E-state index in [1.165, 1.54) is 12.1 Å². The summed E-state index contributed by atoms with van der Waals surface area (Å²) < 4.78 is 15.1. The lowest BCUT2D eigenvalue weighted by atomic mass is 9.92. The third-order valence-corrected chi connectivity index (χ3v) is 5.50. The first kappa shape index (κ1) is 17.2. The van der Waals surface area contributed by atoms with E-state index in [9.17, 15) is 14.3 Å². The third-order valence-electron chi connectivity index (χ3n) is 5.50. The zero-order valence-electron chi connectivity index (χ0n) is 14.7. The largest absolute Gasteiger partial charge is 0.393 e. The van der Waals surface area contributed by atoms with Crippen molar-refractivity contribution >= 4 is 5.91 Å². The van der Waals surface area contributed by atoms with Gasteiger partial charge in [-0.05, 0) is 75.6 Å². The van der Waals surface area contributed by atoms with Crippen LogP contribution in [-0.4, -0.2) is 32.9 Å². The molecule has 1 saturated carbocycles. The van der Waals surface area contributed by atoms with E-state index in [-0.39, 0.29) is 23.9 Å². The number of fused-ring (bicyclic) bond motifs is 1. The van der Waals surface area contributed by atoms with Crippen LogP contribution in [0.25, 0.3) is 5.69 Å². The molecule has 0 saturated heterocycles. The number of carbonyl (C=O) groups is 1. The molecule has 26 heavy (non-hydrogen) atoms. The van der Waals surface area contributed by atoms with E-state index < -0.39 is 0 Å². The molecular weight excluding hydrogens is 333 g/mol. The molecule has 1 amide bonds. The second kappa shape index (κ2) is 7.19. The summed E-state index contributed by atoms with van der Waals surface area (Å²) in [6.45, 7) is 0. The second-order valence-electron chi connectivity index (χ2n) is 7.35. The number of benzene rings is 1. The first-order valence-electron chi connectivity index (χ1n) is 9.47. The molecule has 2 aliphatic rings. The number of aliphatic hydroxyl groups is 1. The Balaban J connectivity index is 1.61. The fourth-order valence-electron chi connectivity index (χ4n) is 4.05. The first-order chi connectivity index (χ1) is 12.6. The van der Waals surface area contributed by atoms with Crippen molar-refractivity contribution in [2.24, 2.45) is 0 Å². The van der Waals surface area contributed by atoms with E-state index in [4.69, 9.17) is 0 Å². The van der Waals surface area contributed by atoms with Gasteiger partial charge in [0, 0.05) is 17.3 Å². The highest BCUT2D eigenvalue weighted by Gasteiger charge is 2.28. The Morgan fingerprint density at radius 1 is 1.12 bits per heavy atom. The molecule has 1 heterocycles. The number of rotatable bonds is 3. The Bertz CT molecular complexity index is 792. The highest BCUT2D eigenvalue weighted by Crippen LogP contribution is 2.27. The lowest BCUT2D eigenvalue weighted by molar-refractivity contribution is 0.0862. The van der Waals surface area contributed by atoms with Crippen LogP contribution in [0.5, 0.6) is 0 Å². The van der Waals surface area contributed by atoms with Crippen LogP contribution in [-0.2, 0) is 12.8 Å². The SMILES string of the molecule is O=C(NC1CCC(O)CC1)c1nn(-c2ccc(F)cc2)c2c1CCCC2.